The van der Waals surface area contributed by atoms with Crippen LogP contribution >= 0.6 is 22.9 Å². The lowest BCUT2D eigenvalue weighted by molar-refractivity contribution is -0.118. The summed E-state index contributed by atoms with van der Waals surface area (Å²) in [5.41, 5.74) is 1.72. The molecule has 1 aliphatic heterocycles. The standard InChI is InChI=1S/C20H19ClN4O3S2/c21-15-3-1-14(2-4-15)13-23-18-9-11-25(19(18)26)16-5-7-17(8-6-16)30(27,28)24-20-22-10-12-29-20/h1-8,10,12,18,23H,9,11,13H2,(H,22,24)/t18-/m0/s1. The zero-order valence-electron chi connectivity index (χ0n) is 15.8. The Labute approximate surface area is 183 Å². The van der Waals surface area contributed by atoms with Crippen LogP contribution in [0.3, 0.4) is 0 Å². The van der Waals surface area contributed by atoms with Crippen LogP contribution in [0.5, 0.6) is 0 Å². The molecule has 4 rings (SSSR count). The molecule has 0 aliphatic carbocycles. The van der Waals surface area contributed by atoms with E-state index in [-0.39, 0.29) is 16.8 Å². The highest BCUT2D eigenvalue weighted by Crippen LogP contribution is 2.25. The highest BCUT2D eigenvalue weighted by molar-refractivity contribution is 7.93. The van der Waals surface area contributed by atoms with Gasteiger partial charge in [-0.3, -0.25) is 9.52 Å². The number of sulfonamides is 1. The number of rotatable bonds is 7. The third-order valence-corrected chi connectivity index (χ3v) is 7.21. The molecule has 3 aromatic rings. The summed E-state index contributed by atoms with van der Waals surface area (Å²) in [6.07, 6.45) is 2.21. The number of carbonyl (C=O) groups excluding carboxylic acids is 1. The van der Waals surface area contributed by atoms with E-state index in [0.29, 0.717) is 35.4 Å². The third kappa shape index (κ3) is 4.65. The van der Waals surface area contributed by atoms with Gasteiger partial charge in [0.2, 0.25) is 5.91 Å². The normalized spacial score (nSPS) is 16.8. The summed E-state index contributed by atoms with van der Waals surface area (Å²) in [5.74, 6) is -0.0273. The molecule has 0 bridgehead atoms. The van der Waals surface area contributed by atoms with Gasteiger partial charge in [-0.2, -0.15) is 0 Å². The summed E-state index contributed by atoms with van der Waals surface area (Å²) in [6.45, 7) is 1.14. The Morgan fingerprint density at radius 1 is 1.13 bits per heavy atom. The molecule has 1 saturated heterocycles. The SMILES string of the molecule is O=C1[C@@H](NCc2ccc(Cl)cc2)CCN1c1ccc(S(=O)(=O)Nc2nccs2)cc1. The lowest BCUT2D eigenvalue weighted by Crippen LogP contribution is -2.38. The molecule has 0 radical (unpaired) electrons. The van der Waals surface area contributed by atoms with Crippen LogP contribution in [0, 0.1) is 0 Å². The maximum atomic E-state index is 12.8. The van der Waals surface area contributed by atoms with E-state index >= 15 is 0 Å². The highest BCUT2D eigenvalue weighted by Gasteiger charge is 2.32. The van der Waals surface area contributed by atoms with E-state index in [1.54, 1.807) is 22.4 Å². The van der Waals surface area contributed by atoms with E-state index in [0.717, 1.165) is 5.56 Å². The monoisotopic (exact) mass is 462 g/mol. The maximum Gasteiger partial charge on any atom is 0.263 e. The summed E-state index contributed by atoms with van der Waals surface area (Å²) in [5, 5.41) is 5.96. The first-order valence-corrected chi connectivity index (χ1v) is 12.0. The highest BCUT2D eigenvalue weighted by atomic mass is 35.5. The van der Waals surface area contributed by atoms with E-state index in [4.69, 9.17) is 11.6 Å². The first kappa shape index (κ1) is 20.8. The van der Waals surface area contributed by atoms with Crippen LogP contribution in [0.15, 0.2) is 65.0 Å². The fourth-order valence-corrected chi connectivity index (χ4v) is 5.14. The lowest BCUT2D eigenvalue weighted by Gasteiger charge is -2.18. The minimum absolute atomic E-state index is 0.0273. The molecule has 0 unspecified atom stereocenters. The summed E-state index contributed by atoms with van der Waals surface area (Å²) >= 11 is 7.10. The van der Waals surface area contributed by atoms with Gasteiger partial charge in [0.05, 0.1) is 10.9 Å². The summed E-state index contributed by atoms with van der Waals surface area (Å²) < 4.78 is 27.3. The molecule has 1 aromatic heterocycles. The molecule has 10 heteroatoms. The van der Waals surface area contributed by atoms with Crippen molar-refractivity contribution in [1.82, 2.24) is 10.3 Å². The predicted molar refractivity (Wildman–Crippen MR) is 118 cm³/mol. The van der Waals surface area contributed by atoms with Crippen molar-refractivity contribution >= 4 is 49.7 Å². The summed E-state index contributed by atoms with van der Waals surface area (Å²) in [7, 11) is -3.72. The number of aromatic nitrogens is 1. The number of carbonyl (C=O) groups is 1. The van der Waals surface area contributed by atoms with E-state index in [2.05, 4.69) is 15.0 Å². The van der Waals surface area contributed by atoms with Gasteiger partial charge in [-0.25, -0.2) is 13.4 Å². The Bertz CT molecular complexity index is 1120. The lowest BCUT2D eigenvalue weighted by atomic mass is 10.2. The van der Waals surface area contributed by atoms with Gasteiger partial charge in [-0.15, -0.1) is 11.3 Å². The second kappa shape index (κ2) is 8.73. The first-order chi connectivity index (χ1) is 14.4. The Hall–Kier alpha value is -2.46. The fraction of sp³-hybridized carbons (Fsp3) is 0.200. The van der Waals surface area contributed by atoms with E-state index in [9.17, 15) is 13.2 Å². The van der Waals surface area contributed by atoms with Gasteiger partial charge in [0.15, 0.2) is 5.13 Å². The third-order valence-electron chi connectivity index (χ3n) is 4.78. The van der Waals surface area contributed by atoms with Crippen molar-refractivity contribution in [3.05, 3.63) is 70.7 Å². The minimum atomic E-state index is -3.72. The number of benzene rings is 2. The van der Waals surface area contributed by atoms with E-state index in [1.807, 2.05) is 24.3 Å². The molecule has 7 nitrogen and oxygen atoms in total. The van der Waals surface area contributed by atoms with Crippen LogP contribution in [0.1, 0.15) is 12.0 Å². The molecule has 0 spiro atoms. The van der Waals surface area contributed by atoms with E-state index in [1.165, 1.54) is 29.7 Å². The van der Waals surface area contributed by atoms with Crippen molar-refractivity contribution in [2.75, 3.05) is 16.2 Å². The molecule has 0 saturated carbocycles. The van der Waals surface area contributed by atoms with Crippen LogP contribution < -0.4 is 14.9 Å². The van der Waals surface area contributed by atoms with Crippen LogP contribution in [0.4, 0.5) is 10.8 Å². The maximum absolute atomic E-state index is 12.8. The van der Waals surface area contributed by atoms with Gasteiger partial charge >= 0.3 is 0 Å². The average molecular weight is 463 g/mol. The van der Waals surface area contributed by atoms with Gasteiger partial charge in [0.25, 0.3) is 10.0 Å². The van der Waals surface area contributed by atoms with Crippen LogP contribution in [-0.4, -0.2) is 31.9 Å². The summed E-state index contributed by atoms with van der Waals surface area (Å²) in [4.78, 5) is 18.5. The van der Waals surface area contributed by atoms with Gasteiger partial charge in [-0.05, 0) is 48.4 Å². The van der Waals surface area contributed by atoms with Gasteiger partial charge < -0.3 is 10.2 Å². The molecule has 1 aliphatic rings. The fourth-order valence-electron chi connectivity index (χ4n) is 3.22. The second-order valence-electron chi connectivity index (χ2n) is 6.78. The molecular weight excluding hydrogens is 444 g/mol. The molecular formula is C20H19ClN4O3S2. The Morgan fingerprint density at radius 3 is 2.53 bits per heavy atom. The number of nitrogens with one attached hydrogen (secondary N) is 2. The largest absolute Gasteiger partial charge is 0.311 e. The number of nitrogens with zero attached hydrogens (tertiary/aromatic N) is 2. The molecule has 1 amide bonds. The zero-order valence-corrected chi connectivity index (χ0v) is 18.2. The molecule has 2 heterocycles. The van der Waals surface area contributed by atoms with E-state index < -0.39 is 10.0 Å². The van der Waals surface area contributed by atoms with Crippen molar-refractivity contribution in [1.29, 1.82) is 0 Å². The first-order valence-electron chi connectivity index (χ1n) is 9.24. The van der Waals surface area contributed by atoms with Gasteiger partial charge in [0.1, 0.15) is 0 Å². The zero-order chi connectivity index (χ0) is 21.1. The smallest absolute Gasteiger partial charge is 0.263 e. The molecule has 30 heavy (non-hydrogen) atoms. The molecule has 2 aromatic carbocycles. The minimum Gasteiger partial charge on any atom is -0.311 e. The molecule has 1 fully saturated rings. The van der Waals surface area contributed by atoms with Crippen LogP contribution in [0.25, 0.3) is 0 Å². The Kier molecular flexibility index (Phi) is 6.05. The number of amides is 1. The van der Waals surface area contributed by atoms with Crippen LogP contribution in [-0.2, 0) is 21.4 Å². The average Bonchev–Trinajstić information content (AvgIpc) is 3.37. The number of hydrogen-bond acceptors (Lipinski definition) is 6. The number of anilines is 2. The van der Waals surface area contributed by atoms with Gasteiger partial charge in [0, 0.05) is 35.4 Å². The van der Waals surface area contributed by atoms with Crippen molar-refractivity contribution in [2.45, 2.75) is 23.9 Å². The number of hydrogen-bond donors (Lipinski definition) is 2. The quantitative estimate of drug-likeness (QED) is 0.560. The predicted octanol–water partition coefficient (Wildman–Crippen LogP) is 3.49. The topological polar surface area (TPSA) is 91.4 Å². The number of thiazole rings is 1. The van der Waals surface area contributed by atoms with Crippen molar-refractivity contribution < 1.29 is 13.2 Å². The Balaban J connectivity index is 1.39. The number of halogens is 1. The second-order valence-corrected chi connectivity index (χ2v) is 9.79. The summed E-state index contributed by atoms with van der Waals surface area (Å²) in [6, 6.07) is 13.5. The molecule has 156 valence electrons. The Morgan fingerprint density at radius 2 is 1.87 bits per heavy atom. The van der Waals surface area contributed by atoms with Crippen molar-refractivity contribution in [3.63, 3.8) is 0 Å². The van der Waals surface area contributed by atoms with Crippen molar-refractivity contribution in [2.24, 2.45) is 0 Å². The van der Waals surface area contributed by atoms with Gasteiger partial charge in [-0.1, -0.05) is 23.7 Å². The molecule has 2 N–H and O–H groups in total. The van der Waals surface area contributed by atoms with Crippen LogP contribution in [0.2, 0.25) is 5.02 Å². The van der Waals surface area contributed by atoms with Crippen molar-refractivity contribution in [3.8, 4) is 0 Å². The molecule has 1 atom stereocenters.